The van der Waals surface area contributed by atoms with E-state index in [-0.39, 0.29) is 0 Å². The van der Waals surface area contributed by atoms with Crippen LogP contribution in [0.1, 0.15) is 6.92 Å². The molecule has 106 valence electrons. The zero-order chi connectivity index (χ0) is 13.5. The van der Waals surface area contributed by atoms with Gasteiger partial charge in [0, 0.05) is 46.4 Å². The fourth-order valence-corrected chi connectivity index (χ4v) is 2.43. The maximum absolute atomic E-state index is 5.31. The van der Waals surface area contributed by atoms with E-state index in [1.807, 2.05) is 6.92 Å². The first-order chi connectivity index (χ1) is 9.33. The predicted molar refractivity (Wildman–Crippen MR) is 81.3 cm³/mol. The summed E-state index contributed by atoms with van der Waals surface area (Å²) in [4.78, 5) is 4.79. The Morgan fingerprint density at radius 3 is 2.74 bits per heavy atom. The first-order valence-electron chi connectivity index (χ1n) is 7.16. The Labute approximate surface area is 116 Å². The van der Waals surface area contributed by atoms with E-state index in [0.29, 0.717) is 0 Å². The molecule has 0 radical (unpaired) electrons. The average Bonchev–Trinajstić information content (AvgIpc) is 2.45. The molecule has 2 rings (SSSR count). The molecule has 0 fully saturated rings. The average molecular weight is 263 g/mol. The third-order valence-electron chi connectivity index (χ3n) is 3.52. The number of nitrogens with one attached hydrogen (secondary N) is 1. The highest BCUT2D eigenvalue weighted by Crippen LogP contribution is 2.31. The van der Waals surface area contributed by atoms with Gasteiger partial charge in [0.15, 0.2) is 0 Å². The molecular weight excluding hydrogens is 238 g/mol. The number of fused-ring (bicyclic) bond motifs is 1. The zero-order valence-electron chi connectivity index (χ0n) is 12.1. The van der Waals surface area contributed by atoms with Gasteiger partial charge in [0.05, 0.1) is 18.0 Å². The summed E-state index contributed by atoms with van der Waals surface area (Å²) in [5.74, 6) is 0. The Morgan fingerprint density at radius 2 is 1.95 bits per heavy atom. The van der Waals surface area contributed by atoms with Crippen LogP contribution in [0.4, 0.5) is 11.4 Å². The van der Waals surface area contributed by atoms with Crippen LogP contribution < -0.4 is 15.1 Å². The Bertz CT molecular complexity index is 383. The molecule has 1 aliphatic heterocycles. The minimum Gasteiger partial charge on any atom is -0.380 e. The molecule has 0 atom stereocenters. The fraction of sp³-hybridized carbons (Fsp3) is 0.600. The van der Waals surface area contributed by atoms with Gasteiger partial charge in [0.1, 0.15) is 0 Å². The van der Waals surface area contributed by atoms with E-state index in [2.05, 4.69) is 46.4 Å². The molecule has 0 spiro atoms. The van der Waals surface area contributed by atoms with Crippen LogP contribution in [-0.4, -0.2) is 53.0 Å². The van der Waals surface area contributed by atoms with Crippen molar-refractivity contribution in [2.75, 3.05) is 62.8 Å². The standard InChI is InChI=1S/C15H25N3O/c1-3-19-13-9-16-8-10-18-12-11-17(2)14-6-4-5-7-15(14)18/h4-7,16H,3,8-13H2,1-2H3. The summed E-state index contributed by atoms with van der Waals surface area (Å²) in [6.45, 7) is 8.81. The fourth-order valence-electron chi connectivity index (χ4n) is 2.43. The maximum Gasteiger partial charge on any atom is 0.0605 e. The van der Waals surface area contributed by atoms with E-state index >= 15 is 0 Å². The lowest BCUT2D eigenvalue weighted by Gasteiger charge is -2.37. The molecule has 0 aliphatic carbocycles. The molecule has 0 unspecified atom stereocenters. The van der Waals surface area contributed by atoms with Crippen molar-refractivity contribution < 1.29 is 4.74 Å². The summed E-state index contributed by atoms with van der Waals surface area (Å²) >= 11 is 0. The van der Waals surface area contributed by atoms with Crippen molar-refractivity contribution in [2.24, 2.45) is 0 Å². The van der Waals surface area contributed by atoms with Crippen LogP contribution in [0.15, 0.2) is 24.3 Å². The predicted octanol–water partition coefficient (Wildman–Crippen LogP) is 1.57. The zero-order valence-corrected chi connectivity index (χ0v) is 12.1. The third-order valence-corrected chi connectivity index (χ3v) is 3.52. The van der Waals surface area contributed by atoms with Crippen molar-refractivity contribution in [1.82, 2.24) is 5.32 Å². The molecule has 0 saturated carbocycles. The highest BCUT2D eigenvalue weighted by Gasteiger charge is 2.18. The summed E-state index contributed by atoms with van der Waals surface area (Å²) in [5, 5.41) is 3.43. The largest absolute Gasteiger partial charge is 0.380 e. The molecule has 0 bridgehead atoms. The topological polar surface area (TPSA) is 27.7 Å². The van der Waals surface area contributed by atoms with Crippen molar-refractivity contribution in [3.63, 3.8) is 0 Å². The van der Waals surface area contributed by atoms with Crippen LogP contribution in [0.25, 0.3) is 0 Å². The maximum atomic E-state index is 5.31. The molecule has 19 heavy (non-hydrogen) atoms. The molecule has 0 aromatic heterocycles. The Morgan fingerprint density at radius 1 is 1.16 bits per heavy atom. The monoisotopic (exact) mass is 263 g/mol. The van der Waals surface area contributed by atoms with Crippen molar-refractivity contribution in [3.05, 3.63) is 24.3 Å². The van der Waals surface area contributed by atoms with Crippen LogP contribution >= 0.6 is 0 Å². The van der Waals surface area contributed by atoms with Gasteiger partial charge in [-0.25, -0.2) is 0 Å². The highest BCUT2D eigenvalue weighted by molar-refractivity contribution is 5.73. The second-order valence-electron chi connectivity index (χ2n) is 4.84. The van der Waals surface area contributed by atoms with Crippen molar-refractivity contribution in [3.8, 4) is 0 Å². The number of anilines is 2. The quantitative estimate of drug-likeness (QED) is 0.756. The normalized spacial score (nSPS) is 14.6. The summed E-state index contributed by atoms with van der Waals surface area (Å²) in [5.41, 5.74) is 2.69. The van der Waals surface area contributed by atoms with Gasteiger partial charge in [-0.3, -0.25) is 0 Å². The lowest BCUT2D eigenvalue weighted by atomic mass is 10.2. The Hall–Kier alpha value is -1.26. The summed E-state index contributed by atoms with van der Waals surface area (Å²) in [6, 6.07) is 8.64. The first kappa shape index (κ1) is 14.2. The number of nitrogens with zero attached hydrogens (tertiary/aromatic N) is 2. The van der Waals surface area contributed by atoms with Crippen LogP contribution in [0.3, 0.4) is 0 Å². The molecule has 4 heteroatoms. The lowest BCUT2D eigenvalue weighted by Crippen LogP contribution is -2.42. The smallest absolute Gasteiger partial charge is 0.0605 e. The summed E-state index contributed by atoms with van der Waals surface area (Å²) < 4.78 is 5.31. The van der Waals surface area contributed by atoms with E-state index < -0.39 is 0 Å². The Kier molecular flexibility index (Phi) is 5.48. The van der Waals surface area contributed by atoms with Crippen LogP contribution in [0, 0.1) is 0 Å². The number of hydrogen-bond donors (Lipinski definition) is 1. The van der Waals surface area contributed by atoms with Crippen molar-refractivity contribution >= 4 is 11.4 Å². The van der Waals surface area contributed by atoms with Gasteiger partial charge in [0.2, 0.25) is 0 Å². The van der Waals surface area contributed by atoms with Gasteiger partial charge < -0.3 is 19.9 Å². The summed E-state index contributed by atoms with van der Waals surface area (Å²) in [7, 11) is 2.16. The number of rotatable bonds is 7. The number of para-hydroxylation sites is 2. The van der Waals surface area contributed by atoms with E-state index in [1.165, 1.54) is 11.4 Å². The van der Waals surface area contributed by atoms with E-state index in [4.69, 9.17) is 4.74 Å². The third kappa shape index (κ3) is 3.85. The minimum absolute atomic E-state index is 0.799. The van der Waals surface area contributed by atoms with E-state index in [9.17, 15) is 0 Å². The lowest BCUT2D eigenvalue weighted by molar-refractivity contribution is 0.149. The minimum atomic E-state index is 0.799. The number of likely N-dealkylation sites (N-methyl/N-ethyl adjacent to an activating group) is 1. The van der Waals surface area contributed by atoms with Crippen molar-refractivity contribution in [2.45, 2.75) is 6.92 Å². The molecule has 1 aliphatic rings. The van der Waals surface area contributed by atoms with Crippen LogP contribution in [0.5, 0.6) is 0 Å². The van der Waals surface area contributed by atoms with E-state index in [0.717, 1.165) is 45.9 Å². The van der Waals surface area contributed by atoms with Gasteiger partial charge >= 0.3 is 0 Å². The molecule has 4 nitrogen and oxygen atoms in total. The number of ether oxygens (including phenoxy) is 1. The molecular formula is C15H25N3O. The molecule has 1 N–H and O–H groups in total. The first-order valence-corrected chi connectivity index (χ1v) is 7.16. The molecule has 1 aromatic carbocycles. The summed E-state index contributed by atoms with van der Waals surface area (Å²) in [6.07, 6.45) is 0. The van der Waals surface area contributed by atoms with Gasteiger partial charge in [-0.05, 0) is 19.1 Å². The SMILES string of the molecule is CCOCCNCCN1CCN(C)c2ccccc21. The van der Waals surface area contributed by atoms with Crippen molar-refractivity contribution in [1.29, 1.82) is 0 Å². The Balaban J connectivity index is 1.80. The number of hydrogen-bond acceptors (Lipinski definition) is 4. The molecule has 0 amide bonds. The second kappa shape index (κ2) is 7.36. The van der Waals surface area contributed by atoms with Gasteiger partial charge in [-0.2, -0.15) is 0 Å². The second-order valence-corrected chi connectivity index (χ2v) is 4.84. The van der Waals surface area contributed by atoms with Gasteiger partial charge in [-0.1, -0.05) is 12.1 Å². The highest BCUT2D eigenvalue weighted by atomic mass is 16.5. The molecule has 1 heterocycles. The van der Waals surface area contributed by atoms with Crippen LogP contribution in [0.2, 0.25) is 0 Å². The number of benzene rings is 1. The molecule has 0 saturated heterocycles. The van der Waals surface area contributed by atoms with E-state index in [1.54, 1.807) is 0 Å². The molecule has 1 aromatic rings. The van der Waals surface area contributed by atoms with Gasteiger partial charge in [0.25, 0.3) is 0 Å². The van der Waals surface area contributed by atoms with Gasteiger partial charge in [-0.15, -0.1) is 0 Å². The van der Waals surface area contributed by atoms with Crippen LogP contribution in [-0.2, 0) is 4.74 Å².